The molecule has 0 amide bonds. The Morgan fingerprint density at radius 3 is 2.62 bits per heavy atom. The van der Waals surface area contributed by atoms with Crippen molar-refractivity contribution >= 4 is 0 Å². The van der Waals surface area contributed by atoms with Gasteiger partial charge in [0, 0.05) is 12.6 Å². The molecule has 1 atom stereocenters. The smallest absolute Gasteiger partial charge is 0.0220 e. The minimum absolute atomic E-state index is 0.800. The zero-order valence-electron chi connectivity index (χ0n) is 11.1. The van der Waals surface area contributed by atoms with Crippen molar-refractivity contribution in [2.24, 2.45) is 5.73 Å². The Morgan fingerprint density at radius 1 is 1.25 bits per heavy atom. The van der Waals surface area contributed by atoms with Crippen molar-refractivity contribution < 1.29 is 0 Å². The van der Waals surface area contributed by atoms with E-state index in [2.05, 4.69) is 23.9 Å². The van der Waals surface area contributed by atoms with Crippen LogP contribution in [0, 0.1) is 0 Å². The molecule has 1 aliphatic heterocycles. The van der Waals surface area contributed by atoms with Crippen LogP contribution in [0.3, 0.4) is 0 Å². The fraction of sp³-hybridized carbons (Fsp3) is 1.00. The maximum Gasteiger partial charge on any atom is 0.0220 e. The second-order valence-electron chi connectivity index (χ2n) is 5.24. The quantitative estimate of drug-likeness (QED) is 0.638. The molecule has 16 heavy (non-hydrogen) atoms. The summed E-state index contributed by atoms with van der Waals surface area (Å²) in [5.41, 5.74) is 5.48. The van der Waals surface area contributed by atoms with Crippen molar-refractivity contribution in [3.05, 3.63) is 0 Å². The van der Waals surface area contributed by atoms with Crippen molar-refractivity contribution in [3.8, 4) is 0 Å². The first kappa shape index (κ1) is 13.9. The Balaban J connectivity index is 1.99. The number of likely N-dealkylation sites (tertiary alicyclic amines) is 1. The third kappa shape index (κ3) is 5.28. The fourth-order valence-electron chi connectivity index (χ4n) is 2.54. The summed E-state index contributed by atoms with van der Waals surface area (Å²) >= 11 is 0. The molecule has 0 saturated carbocycles. The zero-order valence-corrected chi connectivity index (χ0v) is 11.1. The summed E-state index contributed by atoms with van der Waals surface area (Å²) < 4.78 is 0. The van der Waals surface area contributed by atoms with Crippen LogP contribution >= 0.6 is 0 Å². The molecular weight excluding hydrogens is 198 g/mol. The van der Waals surface area contributed by atoms with Crippen molar-refractivity contribution in [2.75, 3.05) is 40.3 Å². The molecule has 2 N–H and O–H groups in total. The van der Waals surface area contributed by atoms with Gasteiger partial charge >= 0.3 is 0 Å². The number of hydrogen-bond donors (Lipinski definition) is 1. The van der Waals surface area contributed by atoms with E-state index in [1.54, 1.807) is 0 Å². The van der Waals surface area contributed by atoms with Crippen molar-refractivity contribution in [1.29, 1.82) is 0 Å². The average molecular weight is 227 g/mol. The molecule has 0 bridgehead atoms. The van der Waals surface area contributed by atoms with E-state index in [9.17, 15) is 0 Å². The molecule has 1 fully saturated rings. The van der Waals surface area contributed by atoms with Crippen molar-refractivity contribution in [1.82, 2.24) is 9.80 Å². The standard InChI is InChI=1S/C13H29N3/c1-15(10-6-4-3-5-9-14)12-13-8-7-11-16(13)2/h13H,3-12,14H2,1-2H3. The summed E-state index contributed by atoms with van der Waals surface area (Å²) in [5.74, 6) is 0. The Bertz CT molecular complexity index is 173. The lowest BCUT2D eigenvalue weighted by molar-refractivity contribution is 0.217. The molecule has 1 aliphatic rings. The summed E-state index contributed by atoms with van der Waals surface area (Å²) in [5, 5.41) is 0. The Hall–Kier alpha value is -0.120. The van der Waals surface area contributed by atoms with Crippen LogP contribution in [-0.2, 0) is 0 Å². The fourth-order valence-corrected chi connectivity index (χ4v) is 2.54. The van der Waals surface area contributed by atoms with E-state index in [1.165, 1.54) is 58.2 Å². The molecular formula is C13H29N3. The maximum atomic E-state index is 5.48. The van der Waals surface area contributed by atoms with Crippen LogP contribution in [-0.4, -0.2) is 56.1 Å². The van der Waals surface area contributed by atoms with E-state index >= 15 is 0 Å². The SMILES string of the molecule is CN(CCCCCCN)CC1CCCN1C. The highest BCUT2D eigenvalue weighted by molar-refractivity contribution is 4.78. The molecule has 3 heteroatoms. The van der Waals surface area contributed by atoms with Gasteiger partial charge in [0.2, 0.25) is 0 Å². The monoisotopic (exact) mass is 227 g/mol. The summed E-state index contributed by atoms with van der Waals surface area (Å²) in [4.78, 5) is 5.00. The van der Waals surface area contributed by atoms with E-state index in [-0.39, 0.29) is 0 Å². The number of likely N-dealkylation sites (N-methyl/N-ethyl adjacent to an activating group) is 2. The van der Waals surface area contributed by atoms with Crippen LogP contribution in [0.1, 0.15) is 38.5 Å². The van der Waals surface area contributed by atoms with Gasteiger partial charge in [0.25, 0.3) is 0 Å². The predicted octanol–water partition coefficient (Wildman–Crippen LogP) is 1.53. The largest absolute Gasteiger partial charge is 0.330 e. The normalized spacial score (nSPS) is 22.1. The van der Waals surface area contributed by atoms with Crippen molar-refractivity contribution in [2.45, 2.75) is 44.6 Å². The van der Waals surface area contributed by atoms with E-state index in [4.69, 9.17) is 5.73 Å². The minimum atomic E-state index is 0.800. The third-order valence-electron chi connectivity index (χ3n) is 3.69. The first-order valence-electron chi connectivity index (χ1n) is 6.83. The summed E-state index contributed by atoms with van der Waals surface area (Å²) in [6.07, 6.45) is 7.91. The van der Waals surface area contributed by atoms with Crippen LogP contribution in [0.4, 0.5) is 0 Å². The van der Waals surface area contributed by atoms with Crippen LogP contribution in [0.2, 0.25) is 0 Å². The molecule has 0 aromatic carbocycles. The lowest BCUT2D eigenvalue weighted by Crippen LogP contribution is -2.37. The van der Waals surface area contributed by atoms with Gasteiger partial charge < -0.3 is 15.5 Å². The lowest BCUT2D eigenvalue weighted by Gasteiger charge is -2.25. The molecule has 1 unspecified atom stereocenters. The van der Waals surface area contributed by atoms with Crippen LogP contribution in [0.5, 0.6) is 0 Å². The van der Waals surface area contributed by atoms with Gasteiger partial charge in [-0.2, -0.15) is 0 Å². The Morgan fingerprint density at radius 2 is 2.00 bits per heavy atom. The van der Waals surface area contributed by atoms with E-state index < -0.39 is 0 Å². The zero-order chi connectivity index (χ0) is 11.8. The maximum absolute atomic E-state index is 5.48. The van der Waals surface area contributed by atoms with Gasteiger partial charge in [-0.3, -0.25) is 0 Å². The average Bonchev–Trinajstić information content (AvgIpc) is 2.64. The van der Waals surface area contributed by atoms with E-state index in [0.717, 1.165) is 12.6 Å². The molecule has 1 rings (SSSR count). The molecule has 0 radical (unpaired) electrons. The van der Waals surface area contributed by atoms with Gasteiger partial charge in [0.15, 0.2) is 0 Å². The van der Waals surface area contributed by atoms with Gasteiger partial charge in [0.1, 0.15) is 0 Å². The second kappa shape index (κ2) is 8.04. The summed E-state index contributed by atoms with van der Waals surface area (Å²) in [7, 11) is 4.52. The van der Waals surface area contributed by atoms with Gasteiger partial charge in [-0.15, -0.1) is 0 Å². The molecule has 0 spiro atoms. The highest BCUT2D eigenvalue weighted by Crippen LogP contribution is 2.15. The van der Waals surface area contributed by atoms with Crippen LogP contribution < -0.4 is 5.73 Å². The number of hydrogen-bond acceptors (Lipinski definition) is 3. The minimum Gasteiger partial charge on any atom is -0.330 e. The third-order valence-corrected chi connectivity index (χ3v) is 3.69. The van der Waals surface area contributed by atoms with Crippen molar-refractivity contribution in [3.63, 3.8) is 0 Å². The first-order valence-corrected chi connectivity index (χ1v) is 6.83. The van der Waals surface area contributed by atoms with Crippen LogP contribution in [0.25, 0.3) is 0 Å². The Kier molecular flexibility index (Phi) is 7.01. The van der Waals surface area contributed by atoms with Gasteiger partial charge in [-0.1, -0.05) is 12.8 Å². The number of unbranched alkanes of at least 4 members (excludes halogenated alkanes) is 3. The van der Waals surface area contributed by atoms with E-state index in [0.29, 0.717) is 0 Å². The van der Waals surface area contributed by atoms with E-state index in [1.807, 2.05) is 0 Å². The Labute approximate surface area is 101 Å². The number of nitrogens with two attached hydrogens (primary N) is 1. The molecule has 0 aliphatic carbocycles. The summed E-state index contributed by atoms with van der Waals surface area (Å²) in [6.45, 7) is 4.63. The second-order valence-corrected chi connectivity index (χ2v) is 5.24. The molecule has 96 valence electrons. The summed E-state index contributed by atoms with van der Waals surface area (Å²) in [6, 6.07) is 0.800. The molecule has 1 heterocycles. The number of rotatable bonds is 8. The lowest BCUT2D eigenvalue weighted by atomic mass is 10.1. The molecule has 0 aromatic heterocycles. The number of nitrogens with zero attached hydrogens (tertiary/aromatic N) is 2. The van der Waals surface area contributed by atoms with Gasteiger partial charge in [0.05, 0.1) is 0 Å². The van der Waals surface area contributed by atoms with Crippen LogP contribution in [0.15, 0.2) is 0 Å². The molecule has 3 nitrogen and oxygen atoms in total. The van der Waals surface area contributed by atoms with Gasteiger partial charge in [-0.05, 0) is 59.4 Å². The van der Waals surface area contributed by atoms with Gasteiger partial charge in [-0.25, -0.2) is 0 Å². The predicted molar refractivity (Wildman–Crippen MR) is 70.7 cm³/mol. The highest BCUT2D eigenvalue weighted by atomic mass is 15.2. The first-order chi connectivity index (χ1) is 7.74. The highest BCUT2D eigenvalue weighted by Gasteiger charge is 2.21. The molecule has 0 aromatic rings. The molecule has 1 saturated heterocycles. The topological polar surface area (TPSA) is 32.5 Å².